The second-order valence-corrected chi connectivity index (χ2v) is 9.20. The van der Waals surface area contributed by atoms with Crippen molar-refractivity contribution in [2.45, 2.75) is 38.1 Å². The summed E-state index contributed by atoms with van der Waals surface area (Å²) in [5, 5.41) is 0. The lowest BCUT2D eigenvalue weighted by molar-refractivity contribution is 0.241. The Kier molecular flexibility index (Phi) is 4.64. The molecule has 2 saturated heterocycles. The number of nitrogens with zero attached hydrogens (tertiary/aromatic N) is 2. The first-order valence-electron chi connectivity index (χ1n) is 9.17. The molecule has 24 heavy (non-hydrogen) atoms. The Morgan fingerprint density at radius 1 is 1.04 bits per heavy atom. The molecular weight excluding hydrogens is 322 g/mol. The molecule has 6 heteroatoms. The Bertz CT molecular complexity index is 660. The van der Waals surface area contributed by atoms with Gasteiger partial charge in [-0.25, -0.2) is 4.72 Å². The van der Waals surface area contributed by atoms with Crippen molar-refractivity contribution < 1.29 is 8.42 Å². The number of hydrogen-bond acceptors (Lipinski definition) is 3. The van der Waals surface area contributed by atoms with Crippen LogP contribution in [0.25, 0.3) is 0 Å². The third-order valence-corrected chi connectivity index (χ3v) is 7.40. The molecule has 1 atom stereocenters. The standard InChI is InChI=1S/C18H27N3O2S/c22-24(23,21-8-3-4-9-21)19-13-15-7-10-20(14-15)18-11-16-5-1-2-6-17(16)12-18/h1-2,5-6,15,18-19H,3-4,7-14H2/t15-/m0/s1. The minimum Gasteiger partial charge on any atom is -0.299 e. The minimum atomic E-state index is -3.26. The highest BCUT2D eigenvalue weighted by Crippen LogP contribution is 2.29. The zero-order valence-corrected chi connectivity index (χ0v) is 15.0. The summed E-state index contributed by atoms with van der Waals surface area (Å²) in [4.78, 5) is 2.56. The molecule has 0 saturated carbocycles. The fraction of sp³-hybridized carbons (Fsp3) is 0.667. The molecule has 5 nitrogen and oxygen atoms in total. The molecule has 0 aromatic heterocycles. The van der Waals surface area contributed by atoms with Crippen LogP contribution in [-0.2, 0) is 23.1 Å². The molecule has 0 radical (unpaired) electrons. The van der Waals surface area contributed by atoms with Crippen LogP contribution in [0.2, 0.25) is 0 Å². The van der Waals surface area contributed by atoms with E-state index < -0.39 is 10.2 Å². The largest absolute Gasteiger partial charge is 0.299 e. The average molecular weight is 350 g/mol. The zero-order chi connectivity index (χ0) is 16.6. The van der Waals surface area contributed by atoms with E-state index in [4.69, 9.17) is 0 Å². The first-order chi connectivity index (χ1) is 11.6. The van der Waals surface area contributed by atoms with E-state index >= 15 is 0 Å². The van der Waals surface area contributed by atoms with Gasteiger partial charge in [-0.2, -0.15) is 12.7 Å². The highest BCUT2D eigenvalue weighted by molar-refractivity contribution is 7.87. The SMILES string of the molecule is O=S(=O)(NC[C@@H]1CCN(C2Cc3ccccc3C2)C1)N1CCCC1. The number of fused-ring (bicyclic) bond motifs is 1. The molecule has 2 aliphatic heterocycles. The molecule has 1 aliphatic carbocycles. The molecule has 1 aromatic carbocycles. The van der Waals surface area contributed by atoms with Crippen LogP contribution >= 0.6 is 0 Å². The van der Waals surface area contributed by atoms with Crippen LogP contribution in [0.3, 0.4) is 0 Å². The van der Waals surface area contributed by atoms with Crippen LogP contribution in [0.4, 0.5) is 0 Å². The van der Waals surface area contributed by atoms with Crippen molar-refractivity contribution in [3.8, 4) is 0 Å². The second-order valence-electron chi connectivity index (χ2n) is 7.44. The maximum atomic E-state index is 12.3. The highest BCUT2D eigenvalue weighted by atomic mass is 32.2. The molecule has 1 aromatic rings. The van der Waals surface area contributed by atoms with E-state index in [2.05, 4.69) is 33.9 Å². The van der Waals surface area contributed by atoms with Gasteiger partial charge in [0.2, 0.25) is 0 Å². The second kappa shape index (κ2) is 6.75. The van der Waals surface area contributed by atoms with E-state index in [-0.39, 0.29) is 0 Å². The molecule has 3 aliphatic rings. The first-order valence-corrected chi connectivity index (χ1v) is 10.6. The normalized spacial score (nSPS) is 26.2. The van der Waals surface area contributed by atoms with Crippen LogP contribution in [0, 0.1) is 5.92 Å². The van der Waals surface area contributed by atoms with Crippen molar-refractivity contribution in [1.82, 2.24) is 13.9 Å². The number of likely N-dealkylation sites (tertiary alicyclic amines) is 1. The lowest BCUT2D eigenvalue weighted by Gasteiger charge is -2.24. The summed E-state index contributed by atoms with van der Waals surface area (Å²) in [6, 6.07) is 9.34. The Labute approximate surface area is 145 Å². The zero-order valence-electron chi connectivity index (χ0n) is 14.2. The summed E-state index contributed by atoms with van der Waals surface area (Å²) in [6.07, 6.45) is 5.35. The Morgan fingerprint density at radius 2 is 1.71 bits per heavy atom. The number of rotatable bonds is 5. The lowest BCUT2D eigenvalue weighted by Crippen LogP contribution is -2.41. The van der Waals surface area contributed by atoms with E-state index in [1.54, 1.807) is 4.31 Å². The van der Waals surface area contributed by atoms with E-state index in [9.17, 15) is 8.42 Å². The molecule has 2 heterocycles. The van der Waals surface area contributed by atoms with Gasteiger partial charge in [-0.3, -0.25) is 4.90 Å². The van der Waals surface area contributed by atoms with Crippen molar-refractivity contribution in [3.63, 3.8) is 0 Å². The lowest BCUT2D eigenvalue weighted by atomic mass is 10.1. The maximum Gasteiger partial charge on any atom is 0.279 e. The van der Waals surface area contributed by atoms with Crippen molar-refractivity contribution in [2.24, 2.45) is 5.92 Å². The van der Waals surface area contributed by atoms with Crippen LogP contribution < -0.4 is 4.72 Å². The maximum absolute atomic E-state index is 12.3. The van der Waals surface area contributed by atoms with Gasteiger partial charge in [0.05, 0.1) is 0 Å². The molecule has 0 spiro atoms. The third kappa shape index (κ3) is 3.38. The summed E-state index contributed by atoms with van der Waals surface area (Å²) < 4.78 is 29.0. The van der Waals surface area contributed by atoms with Gasteiger partial charge in [-0.15, -0.1) is 0 Å². The number of benzene rings is 1. The van der Waals surface area contributed by atoms with Crippen LogP contribution in [0.1, 0.15) is 30.4 Å². The Morgan fingerprint density at radius 3 is 2.38 bits per heavy atom. The van der Waals surface area contributed by atoms with Crippen molar-refractivity contribution >= 4 is 10.2 Å². The molecule has 0 amide bonds. The van der Waals surface area contributed by atoms with E-state index in [1.165, 1.54) is 11.1 Å². The molecule has 0 unspecified atom stereocenters. The molecule has 4 rings (SSSR count). The summed E-state index contributed by atoms with van der Waals surface area (Å²) in [5.41, 5.74) is 2.97. The smallest absolute Gasteiger partial charge is 0.279 e. The summed E-state index contributed by atoms with van der Waals surface area (Å²) >= 11 is 0. The fourth-order valence-electron chi connectivity index (χ4n) is 4.40. The molecule has 132 valence electrons. The Balaban J connectivity index is 1.28. The predicted molar refractivity (Wildman–Crippen MR) is 95.0 cm³/mol. The topological polar surface area (TPSA) is 52.7 Å². The summed E-state index contributed by atoms with van der Waals surface area (Å²) in [7, 11) is -3.26. The monoisotopic (exact) mass is 349 g/mol. The molecule has 0 bridgehead atoms. The number of nitrogens with one attached hydrogen (secondary N) is 1. The van der Waals surface area contributed by atoms with Crippen LogP contribution in [0.15, 0.2) is 24.3 Å². The van der Waals surface area contributed by atoms with Crippen LogP contribution in [0.5, 0.6) is 0 Å². The van der Waals surface area contributed by atoms with E-state index in [0.717, 1.165) is 45.2 Å². The van der Waals surface area contributed by atoms with Gasteiger partial charge in [-0.1, -0.05) is 24.3 Å². The van der Waals surface area contributed by atoms with Gasteiger partial charge in [0, 0.05) is 32.2 Å². The van der Waals surface area contributed by atoms with Crippen molar-refractivity contribution in [1.29, 1.82) is 0 Å². The molecule has 1 N–H and O–H groups in total. The van der Waals surface area contributed by atoms with Gasteiger partial charge < -0.3 is 0 Å². The van der Waals surface area contributed by atoms with Crippen molar-refractivity contribution in [2.75, 3.05) is 32.7 Å². The third-order valence-electron chi connectivity index (χ3n) is 5.82. The van der Waals surface area contributed by atoms with E-state index in [0.29, 0.717) is 31.6 Å². The quantitative estimate of drug-likeness (QED) is 0.874. The van der Waals surface area contributed by atoms with Gasteiger partial charge in [-0.05, 0) is 55.7 Å². The van der Waals surface area contributed by atoms with Gasteiger partial charge in [0.15, 0.2) is 0 Å². The van der Waals surface area contributed by atoms with Gasteiger partial charge in [0.1, 0.15) is 0 Å². The molecular formula is C18H27N3O2S. The minimum absolute atomic E-state index is 0.436. The van der Waals surface area contributed by atoms with Crippen LogP contribution in [-0.4, -0.2) is 56.4 Å². The van der Waals surface area contributed by atoms with Gasteiger partial charge >= 0.3 is 0 Å². The first kappa shape index (κ1) is 16.5. The van der Waals surface area contributed by atoms with E-state index in [1.807, 2.05) is 0 Å². The average Bonchev–Trinajstić information content (AvgIpc) is 3.31. The summed E-state index contributed by atoms with van der Waals surface area (Å²) in [5.74, 6) is 0.436. The summed E-state index contributed by atoms with van der Waals surface area (Å²) in [6.45, 7) is 4.03. The number of hydrogen-bond donors (Lipinski definition) is 1. The predicted octanol–water partition coefficient (Wildman–Crippen LogP) is 1.41. The highest BCUT2D eigenvalue weighted by Gasteiger charge is 2.33. The van der Waals surface area contributed by atoms with Crippen molar-refractivity contribution in [3.05, 3.63) is 35.4 Å². The molecule has 2 fully saturated rings. The van der Waals surface area contributed by atoms with Gasteiger partial charge in [0.25, 0.3) is 10.2 Å². The Hall–Kier alpha value is -0.950. The fourth-order valence-corrected chi connectivity index (χ4v) is 5.77.